The number of carbonyl (C=O) groups excluding carboxylic acids is 1. The van der Waals surface area contributed by atoms with Crippen molar-refractivity contribution in [3.8, 4) is 0 Å². The highest BCUT2D eigenvalue weighted by atomic mass is 32.2. The normalized spacial score (nSPS) is 26.3. The molecule has 2 N–H and O–H groups in total. The Kier molecular flexibility index (Phi) is 4.06. The van der Waals surface area contributed by atoms with Crippen LogP contribution in [0, 0.1) is 12.3 Å². The van der Waals surface area contributed by atoms with E-state index in [0.717, 1.165) is 41.4 Å². The van der Waals surface area contributed by atoms with Gasteiger partial charge in [-0.2, -0.15) is 11.8 Å². The Morgan fingerprint density at radius 2 is 2.09 bits per heavy atom. The zero-order valence-corrected chi connectivity index (χ0v) is 14.4. The number of rotatable bonds is 2. The number of furan rings is 1. The number of amides is 1. The highest BCUT2D eigenvalue weighted by molar-refractivity contribution is 7.99. The highest BCUT2D eigenvalue weighted by Gasteiger charge is 2.41. The predicted molar refractivity (Wildman–Crippen MR) is 87.9 cm³/mol. The number of aliphatic hydroxyl groups is 1. The number of hydrogen-bond acceptors (Lipinski definition) is 4. The first kappa shape index (κ1) is 15.9. The van der Waals surface area contributed by atoms with Gasteiger partial charge in [-0.1, -0.05) is 13.8 Å². The summed E-state index contributed by atoms with van der Waals surface area (Å²) in [4.78, 5) is 12.6. The van der Waals surface area contributed by atoms with Crippen LogP contribution in [-0.4, -0.2) is 28.1 Å². The lowest BCUT2D eigenvalue weighted by molar-refractivity contribution is -0.141. The van der Waals surface area contributed by atoms with Crippen molar-refractivity contribution >= 4 is 17.7 Å². The molecule has 3 rings (SSSR count). The van der Waals surface area contributed by atoms with Crippen molar-refractivity contribution < 1.29 is 14.3 Å². The molecule has 22 heavy (non-hydrogen) atoms. The van der Waals surface area contributed by atoms with E-state index in [1.165, 1.54) is 0 Å². The van der Waals surface area contributed by atoms with E-state index in [9.17, 15) is 9.90 Å². The van der Waals surface area contributed by atoms with Crippen molar-refractivity contribution in [2.45, 2.75) is 58.1 Å². The fraction of sp³-hybridized carbons (Fsp3) is 0.706. The summed E-state index contributed by atoms with van der Waals surface area (Å²) in [5, 5.41) is 13.7. The molecule has 0 radical (unpaired) electrons. The van der Waals surface area contributed by atoms with Crippen molar-refractivity contribution in [3.05, 3.63) is 23.2 Å². The van der Waals surface area contributed by atoms with Crippen molar-refractivity contribution in [1.29, 1.82) is 0 Å². The fourth-order valence-electron chi connectivity index (χ4n) is 3.54. The van der Waals surface area contributed by atoms with Gasteiger partial charge in [-0.05, 0) is 49.2 Å². The lowest BCUT2D eigenvalue weighted by atomic mass is 9.74. The van der Waals surface area contributed by atoms with E-state index < -0.39 is 5.60 Å². The Morgan fingerprint density at radius 1 is 1.41 bits per heavy atom. The Balaban J connectivity index is 1.80. The molecule has 1 unspecified atom stereocenters. The molecule has 1 atom stereocenters. The number of fused-ring (bicyclic) bond motifs is 1. The molecule has 0 spiro atoms. The van der Waals surface area contributed by atoms with Gasteiger partial charge in [-0.25, -0.2) is 0 Å². The third-order valence-corrected chi connectivity index (χ3v) is 5.77. The summed E-state index contributed by atoms with van der Waals surface area (Å²) in [6.07, 6.45) is 2.84. The first-order chi connectivity index (χ1) is 10.3. The average molecular weight is 323 g/mol. The minimum atomic E-state index is -1.20. The highest BCUT2D eigenvalue weighted by Crippen LogP contribution is 2.42. The van der Waals surface area contributed by atoms with Crippen LogP contribution in [0.5, 0.6) is 0 Å². The second kappa shape index (κ2) is 5.60. The van der Waals surface area contributed by atoms with Gasteiger partial charge in [0.2, 0.25) is 0 Å². The lowest BCUT2D eigenvalue weighted by Crippen LogP contribution is -2.51. The number of hydrogen-bond donors (Lipinski definition) is 2. The Hall–Kier alpha value is -0.940. The van der Waals surface area contributed by atoms with E-state index >= 15 is 0 Å². The number of aryl methyl sites for hydroxylation is 1. The third kappa shape index (κ3) is 3.06. The topological polar surface area (TPSA) is 62.5 Å². The minimum Gasteiger partial charge on any atom is -0.466 e. The van der Waals surface area contributed by atoms with Gasteiger partial charge < -0.3 is 14.8 Å². The molecule has 5 heteroatoms. The maximum atomic E-state index is 12.6. The Labute approximate surface area is 136 Å². The van der Waals surface area contributed by atoms with E-state index in [-0.39, 0.29) is 17.4 Å². The first-order valence-corrected chi connectivity index (χ1v) is 9.15. The fourth-order valence-corrected chi connectivity index (χ4v) is 4.71. The van der Waals surface area contributed by atoms with E-state index in [1.54, 1.807) is 11.8 Å². The van der Waals surface area contributed by atoms with E-state index in [0.29, 0.717) is 12.8 Å². The molecule has 1 aromatic heterocycles. The van der Waals surface area contributed by atoms with Crippen LogP contribution in [0.25, 0.3) is 0 Å². The largest absolute Gasteiger partial charge is 0.466 e. The summed E-state index contributed by atoms with van der Waals surface area (Å²) in [6.45, 7) is 6.33. The van der Waals surface area contributed by atoms with E-state index in [1.807, 2.05) is 13.0 Å². The number of thioether (sulfide) groups is 1. The molecule has 1 saturated heterocycles. The summed E-state index contributed by atoms with van der Waals surface area (Å²) in [6, 6.07) is 1.96. The number of carbonyl (C=O) groups is 1. The van der Waals surface area contributed by atoms with Crippen LogP contribution < -0.4 is 5.32 Å². The first-order valence-electron chi connectivity index (χ1n) is 7.99. The summed E-state index contributed by atoms with van der Waals surface area (Å²) in [7, 11) is 0. The minimum absolute atomic E-state index is 0.0673. The smallest absolute Gasteiger partial charge is 0.252 e. The summed E-state index contributed by atoms with van der Waals surface area (Å²) in [5.41, 5.74) is -0.0366. The zero-order chi connectivity index (χ0) is 16.0. The zero-order valence-electron chi connectivity index (χ0n) is 13.6. The molecular weight excluding hydrogens is 298 g/mol. The lowest BCUT2D eigenvalue weighted by Gasteiger charge is -2.37. The van der Waals surface area contributed by atoms with E-state index in [4.69, 9.17) is 4.42 Å². The van der Waals surface area contributed by atoms with Crippen LogP contribution in [0.4, 0.5) is 0 Å². The molecule has 1 fully saturated rings. The van der Waals surface area contributed by atoms with Crippen LogP contribution in [-0.2, 0) is 11.2 Å². The SMILES string of the molecule is Cc1cc2c(o1)CC(C)(C)CC2NC(=O)C1(O)CCSCC1. The maximum Gasteiger partial charge on any atom is 0.252 e. The van der Waals surface area contributed by atoms with Crippen molar-refractivity contribution in [1.82, 2.24) is 5.32 Å². The van der Waals surface area contributed by atoms with Crippen LogP contribution in [0.2, 0.25) is 0 Å². The molecule has 2 aliphatic rings. The van der Waals surface area contributed by atoms with Gasteiger partial charge in [0.25, 0.3) is 5.91 Å². The molecular formula is C17H25NO3S. The third-order valence-electron chi connectivity index (χ3n) is 4.78. The summed E-state index contributed by atoms with van der Waals surface area (Å²) in [5.74, 6) is 3.33. The molecule has 0 bridgehead atoms. The molecule has 1 amide bonds. The quantitative estimate of drug-likeness (QED) is 0.878. The molecule has 1 aliphatic heterocycles. The van der Waals surface area contributed by atoms with Crippen molar-refractivity contribution in [2.75, 3.05) is 11.5 Å². The summed E-state index contributed by atoms with van der Waals surface area (Å²) >= 11 is 1.80. The Morgan fingerprint density at radius 3 is 2.77 bits per heavy atom. The number of nitrogens with one attached hydrogen (secondary N) is 1. The molecule has 1 aliphatic carbocycles. The van der Waals surface area contributed by atoms with Gasteiger partial charge in [0.1, 0.15) is 17.1 Å². The molecule has 2 heterocycles. The molecule has 0 saturated carbocycles. The van der Waals surface area contributed by atoms with Crippen molar-refractivity contribution in [2.24, 2.45) is 5.41 Å². The molecule has 1 aromatic rings. The van der Waals surface area contributed by atoms with Gasteiger partial charge in [0.15, 0.2) is 0 Å². The van der Waals surface area contributed by atoms with Crippen LogP contribution in [0.3, 0.4) is 0 Å². The van der Waals surface area contributed by atoms with Gasteiger partial charge in [0.05, 0.1) is 6.04 Å². The predicted octanol–water partition coefficient (Wildman–Crippen LogP) is 2.98. The monoisotopic (exact) mass is 323 g/mol. The van der Waals surface area contributed by atoms with Crippen molar-refractivity contribution in [3.63, 3.8) is 0 Å². The molecule has 122 valence electrons. The van der Waals surface area contributed by atoms with Gasteiger partial charge in [-0.15, -0.1) is 0 Å². The molecule has 4 nitrogen and oxygen atoms in total. The van der Waals surface area contributed by atoms with Crippen LogP contribution in [0.15, 0.2) is 10.5 Å². The second-order valence-corrected chi connectivity index (χ2v) is 8.68. The average Bonchev–Trinajstić information content (AvgIpc) is 2.78. The van der Waals surface area contributed by atoms with Gasteiger partial charge >= 0.3 is 0 Å². The molecule has 0 aromatic carbocycles. The van der Waals surface area contributed by atoms with Crippen LogP contribution in [0.1, 0.15) is 56.2 Å². The summed E-state index contributed by atoms with van der Waals surface area (Å²) < 4.78 is 5.81. The van der Waals surface area contributed by atoms with E-state index in [2.05, 4.69) is 19.2 Å². The van der Waals surface area contributed by atoms with Crippen LogP contribution >= 0.6 is 11.8 Å². The standard InChI is InChI=1S/C17H25NO3S/c1-11-8-12-13(9-16(2,3)10-14(12)21-11)18-15(19)17(20)4-6-22-7-5-17/h8,13,20H,4-7,9-10H2,1-3H3,(H,18,19). The van der Waals surface area contributed by atoms with Gasteiger partial charge in [-0.3, -0.25) is 4.79 Å². The Bertz CT molecular complexity index is 572. The second-order valence-electron chi connectivity index (χ2n) is 7.45. The van der Waals surface area contributed by atoms with Gasteiger partial charge in [0, 0.05) is 12.0 Å². The maximum absolute atomic E-state index is 12.6.